The average Bonchev–Trinajstić information content (AvgIpc) is 3.66. The third-order valence-corrected chi connectivity index (χ3v) is 10.3. The molecule has 2 spiro atoms. The first kappa shape index (κ1) is 20.9. The number of nitrogens with two attached hydrogens (primary N) is 1. The molecule has 4 heterocycles. The number of rotatable bonds is 4. The first-order chi connectivity index (χ1) is 15.6. The average molecular weight is 460 g/mol. The van der Waals surface area contributed by atoms with Gasteiger partial charge < -0.3 is 29.4 Å². The molecule has 0 aromatic heterocycles. The summed E-state index contributed by atoms with van der Waals surface area (Å²) in [5.41, 5.74) is 5.97. The van der Waals surface area contributed by atoms with E-state index in [1.54, 1.807) is 0 Å². The van der Waals surface area contributed by atoms with Crippen molar-refractivity contribution >= 4 is 11.9 Å². The maximum absolute atomic E-state index is 13.1. The second kappa shape index (κ2) is 5.83. The maximum atomic E-state index is 13.1. The minimum Gasteiger partial charge on any atom is -0.458 e. The zero-order valence-electron chi connectivity index (χ0n) is 19.9. The molecule has 33 heavy (non-hydrogen) atoms. The Morgan fingerprint density at radius 1 is 1.15 bits per heavy atom. The van der Waals surface area contributed by atoms with Gasteiger partial charge in [-0.25, -0.2) is 4.79 Å². The van der Waals surface area contributed by atoms with Crippen LogP contribution in [0.15, 0.2) is 11.1 Å². The Hall–Kier alpha value is -1.48. The van der Waals surface area contributed by atoms with E-state index in [1.807, 2.05) is 13.8 Å². The third kappa shape index (κ3) is 2.03. The third-order valence-electron chi connectivity index (χ3n) is 10.3. The highest BCUT2D eigenvalue weighted by Gasteiger charge is 3.01. The molecule has 0 unspecified atom stereocenters. The maximum Gasteiger partial charge on any atom is 0.334 e. The lowest BCUT2D eigenvalue weighted by atomic mass is 9.46. The number of ether oxygens (including phenoxy) is 5. The van der Waals surface area contributed by atoms with Crippen molar-refractivity contribution in [2.75, 3.05) is 6.61 Å². The van der Waals surface area contributed by atoms with Gasteiger partial charge in [-0.15, -0.1) is 0 Å². The van der Waals surface area contributed by atoms with Crippen LogP contribution < -0.4 is 5.73 Å². The number of hydrogen-bond donors (Lipinski definition) is 1. The molecule has 0 aromatic carbocycles. The van der Waals surface area contributed by atoms with Gasteiger partial charge in [0.25, 0.3) is 0 Å². The van der Waals surface area contributed by atoms with Gasteiger partial charge in [0.05, 0.1) is 6.10 Å². The Morgan fingerprint density at radius 3 is 2.61 bits per heavy atom. The molecule has 4 aliphatic heterocycles. The van der Waals surface area contributed by atoms with Crippen molar-refractivity contribution in [3.05, 3.63) is 11.1 Å². The Bertz CT molecular complexity index is 1020. The normalized spacial score (nSPS) is 53.2. The molecule has 10 atom stereocenters. The molecule has 180 valence electrons. The predicted molar refractivity (Wildman–Crippen MR) is 114 cm³/mol. The summed E-state index contributed by atoms with van der Waals surface area (Å²) in [6.45, 7) is 10.7. The molecular weight excluding hydrogens is 426 g/mol. The smallest absolute Gasteiger partial charge is 0.334 e. The number of hydrogen-bond acceptors (Lipinski definition) is 8. The van der Waals surface area contributed by atoms with E-state index in [9.17, 15) is 9.59 Å². The minimum atomic E-state index is -0.728. The van der Waals surface area contributed by atoms with Crippen LogP contribution in [-0.2, 0) is 33.3 Å². The topological polar surface area (TPSA) is 116 Å². The molecular formula is C25H33NO7. The predicted octanol–water partition coefficient (Wildman–Crippen LogP) is 1.64. The molecule has 7 rings (SSSR count). The fraction of sp³-hybridized carbons (Fsp3) is 0.840. The number of cyclic esters (lactones) is 1. The molecule has 0 amide bonds. The van der Waals surface area contributed by atoms with Crippen molar-refractivity contribution in [3.63, 3.8) is 0 Å². The molecule has 7 aliphatic rings. The van der Waals surface area contributed by atoms with Crippen LogP contribution in [0.1, 0.15) is 53.9 Å². The molecule has 8 nitrogen and oxygen atoms in total. The van der Waals surface area contributed by atoms with Crippen molar-refractivity contribution in [2.24, 2.45) is 28.9 Å². The first-order valence-corrected chi connectivity index (χ1v) is 12.4. The van der Waals surface area contributed by atoms with Gasteiger partial charge in [0.15, 0.2) is 11.7 Å². The number of carbonyl (C=O) groups is 2. The number of esters is 2. The summed E-state index contributed by atoms with van der Waals surface area (Å²) in [7, 11) is 0. The van der Waals surface area contributed by atoms with Crippen LogP contribution in [0.4, 0.5) is 0 Å². The molecule has 8 heteroatoms. The van der Waals surface area contributed by atoms with Crippen LogP contribution in [0.2, 0.25) is 0 Å². The van der Waals surface area contributed by atoms with E-state index in [0.29, 0.717) is 13.0 Å². The lowest BCUT2D eigenvalue weighted by Crippen LogP contribution is -2.70. The van der Waals surface area contributed by atoms with Crippen LogP contribution in [0.25, 0.3) is 0 Å². The van der Waals surface area contributed by atoms with Gasteiger partial charge in [-0.1, -0.05) is 34.6 Å². The van der Waals surface area contributed by atoms with Crippen molar-refractivity contribution in [1.82, 2.24) is 0 Å². The molecule has 2 saturated carbocycles. The summed E-state index contributed by atoms with van der Waals surface area (Å²) < 4.78 is 31.4. The largest absolute Gasteiger partial charge is 0.458 e. The van der Waals surface area contributed by atoms with Crippen molar-refractivity contribution in [3.8, 4) is 0 Å². The van der Waals surface area contributed by atoms with Gasteiger partial charge >= 0.3 is 11.9 Å². The highest BCUT2D eigenvalue weighted by molar-refractivity contribution is 5.92. The van der Waals surface area contributed by atoms with E-state index in [-0.39, 0.29) is 47.4 Å². The number of epoxide rings is 3. The van der Waals surface area contributed by atoms with Crippen LogP contribution in [-0.4, -0.2) is 65.8 Å². The Labute approximate surface area is 193 Å². The van der Waals surface area contributed by atoms with E-state index in [0.717, 1.165) is 24.0 Å². The fourth-order valence-electron chi connectivity index (χ4n) is 8.31. The van der Waals surface area contributed by atoms with Crippen molar-refractivity contribution in [1.29, 1.82) is 0 Å². The Kier molecular flexibility index (Phi) is 3.69. The zero-order valence-corrected chi connectivity index (χ0v) is 19.9. The van der Waals surface area contributed by atoms with Gasteiger partial charge in [0.2, 0.25) is 0 Å². The second-order valence-electron chi connectivity index (χ2n) is 12.1. The number of fused-ring (bicyclic) bond motifs is 4. The van der Waals surface area contributed by atoms with Crippen LogP contribution >= 0.6 is 0 Å². The fourth-order valence-corrected chi connectivity index (χ4v) is 8.31. The van der Waals surface area contributed by atoms with E-state index in [1.165, 1.54) is 0 Å². The van der Waals surface area contributed by atoms with Crippen LogP contribution in [0.5, 0.6) is 0 Å². The van der Waals surface area contributed by atoms with Gasteiger partial charge in [-0.05, 0) is 42.6 Å². The van der Waals surface area contributed by atoms with Crippen LogP contribution in [0.3, 0.4) is 0 Å². The lowest BCUT2D eigenvalue weighted by molar-refractivity contribution is -0.171. The Balaban J connectivity index is 1.32. The highest BCUT2D eigenvalue weighted by Crippen LogP contribution is 2.83. The van der Waals surface area contributed by atoms with Gasteiger partial charge in [0.1, 0.15) is 36.1 Å². The standard InChI is InChI=1S/C25H33NO7/c1-10(2)16(26)20(28)30-21-23(11(3)4)17(32-23)18-25(33-18)22(5)7-6-12-13(9-29-19(12)27)14(22)8-15-24(21,25)31-15/h10-11,14-18,21H,6-9,26H2,1-5H3/t14-,15-,16-,17-,18-,21+,22-,23-,24+,25+/m0/s1. The Morgan fingerprint density at radius 2 is 1.91 bits per heavy atom. The summed E-state index contributed by atoms with van der Waals surface area (Å²) in [6, 6.07) is -0.704. The molecule has 0 aromatic rings. The van der Waals surface area contributed by atoms with E-state index < -0.39 is 34.9 Å². The molecule has 5 fully saturated rings. The summed E-state index contributed by atoms with van der Waals surface area (Å²) in [4.78, 5) is 25.4. The summed E-state index contributed by atoms with van der Waals surface area (Å²) in [5, 5.41) is 0. The summed E-state index contributed by atoms with van der Waals surface area (Å²) in [5.74, 6) is -0.329. The van der Waals surface area contributed by atoms with Gasteiger partial charge in [0, 0.05) is 11.0 Å². The second-order valence-corrected chi connectivity index (χ2v) is 12.1. The molecule has 2 N–H and O–H groups in total. The van der Waals surface area contributed by atoms with Gasteiger partial charge in [-0.3, -0.25) is 4.79 Å². The SMILES string of the molecule is CC(C)[C@H](N)C(=O)O[C@@H]1[C@@]2(C(C)C)O[C@H]2[C@@H]2O[C@]23[C@]12O[C@H]2C[C@H]1C2=C(CC[C@@]13C)C(=O)OC2. The van der Waals surface area contributed by atoms with E-state index in [4.69, 9.17) is 29.4 Å². The molecule has 0 bridgehead atoms. The molecule has 3 aliphatic carbocycles. The number of carbonyl (C=O) groups excluding carboxylic acids is 2. The van der Waals surface area contributed by atoms with E-state index >= 15 is 0 Å². The lowest BCUT2D eigenvalue weighted by Gasteiger charge is -2.53. The zero-order chi connectivity index (χ0) is 23.3. The first-order valence-electron chi connectivity index (χ1n) is 12.4. The van der Waals surface area contributed by atoms with Gasteiger partial charge in [-0.2, -0.15) is 0 Å². The monoisotopic (exact) mass is 459 g/mol. The van der Waals surface area contributed by atoms with Crippen LogP contribution in [0, 0.1) is 23.2 Å². The molecule has 3 saturated heterocycles. The highest BCUT2D eigenvalue weighted by atomic mass is 16.8. The minimum absolute atomic E-state index is 0.0313. The van der Waals surface area contributed by atoms with Crippen molar-refractivity contribution in [2.45, 2.75) is 101 Å². The van der Waals surface area contributed by atoms with Crippen molar-refractivity contribution < 1.29 is 33.3 Å². The summed E-state index contributed by atoms with van der Waals surface area (Å²) in [6.07, 6.45) is 1.37. The quantitative estimate of drug-likeness (QED) is 0.498. The summed E-state index contributed by atoms with van der Waals surface area (Å²) >= 11 is 0. The van der Waals surface area contributed by atoms with E-state index in [2.05, 4.69) is 20.8 Å². The molecule has 0 radical (unpaired) electrons.